The molecule has 1 unspecified atom stereocenters. The van der Waals surface area contributed by atoms with Gasteiger partial charge in [0.05, 0.1) is 20.3 Å². The number of quaternary nitrogens is 1. The molecule has 2 amide bonds. The van der Waals surface area contributed by atoms with E-state index in [0.717, 1.165) is 20.6 Å². The van der Waals surface area contributed by atoms with E-state index in [2.05, 4.69) is 21.2 Å². The molecule has 1 aliphatic rings. The predicted molar refractivity (Wildman–Crippen MR) is 91.5 cm³/mol. The smallest absolute Gasteiger partial charge is 0.279 e. The Bertz CT molecular complexity index is 574. The molecule has 0 radical (unpaired) electrons. The quantitative estimate of drug-likeness (QED) is 0.754. The number of ether oxygens (including phenoxy) is 1. The van der Waals surface area contributed by atoms with Crippen molar-refractivity contribution in [1.29, 1.82) is 0 Å². The number of rotatable bonds is 5. The number of anilines is 1. The second-order valence-corrected chi connectivity index (χ2v) is 6.67. The third-order valence-corrected chi connectivity index (χ3v) is 4.59. The van der Waals surface area contributed by atoms with Crippen molar-refractivity contribution in [2.24, 2.45) is 0 Å². The van der Waals surface area contributed by atoms with Crippen LogP contribution in [0.4, 0.5) is 5.69 Å². The maximum Gasteiger partial charge on any atom is 0.279 e. The van der Waals surface area contributed by atoms with Gasteiger partial charge in [-0.25, -0.2) is 0 Å². The van der Waals surface area contributed by atoms with E-state index in [4.69, 9.17) is 4.74 Å². The Morgan fingerprint density at radius 2 is 2.00 bits per heavy atom. The Balaban J connectivity index is 1.79. The van der Waals surface area contributed by atoms with Crippen LogP contribution in [-0.2, 0) is 14.3 Å². The third kappa shape index (κ3) is 5.60. The molecule has 0 aromatic heterocycles. The van der Waals surface area contributed by atoms with E-state index in [1.165, 1.54) is 0 Å². The van der Waals surface area contributed by atoms with Gasteiger partial charge in [-0.1, -0.05) is 22.0 Å². The minimum atomic E-state index is -0.104. The standard InChI is InChI=1S/C16H22BrN3O3/c1-12-3-4-13(9-14(12)17)18-15(21)10-19(2)11-16(22)20-5-7-23-8-6-20/h3-4,9H,5-8,10-11H2,1-2H3,(H,18,21)/p+1. The van der Waals surface area contributed by atoms with Crippen molar-refractivity contribution in [3.8, 4) is 0 Å². The number of halogens is 1. The van der Waals surface area contributed by atoms with E-state index in [1.807, 2.05) is 32.2 Å². The molecule has 126 valence electrons. The summed E-state index contributed by atoms with van der Waals surface area (Å²) >= 11 is 3.45. The van der Waals surface area contributed by atoms with E-state index in [0.29, 0.717) is 32.8 Å². The van der Waals surface area contributed by atoms with Gasteiger partial charge in [0.25, 0.3) is 11.8 Å². The fourth-order valence-electron chi connectivity index (χ4n) is 2.40. The van der Waals surface area contributed by atoms with Crippen LogP contribution >= 0.6 is 15.9 Å². The molecule has 1 heterocycles. The van der Waals surface area contributed by atoms with E-state index >= 15 is 0 Å². The Kier molecular flexibility index (Phi) is 6.56. The zero-order valence-corrected chi connectivity index (χ0v) is 15.1. The third-order valence-electron chi connectivity index (χ3n) is 3.73. The second-order valence-electron chi connectivity index (χ2n) is 5.82. The highest BCUT2D eigenvalue weighted by Gasteiger charge is 2.21. The molecule has 1 aromatic carbocycles. The average molecular weight is 385 g/mol. The van der Waals surface area contributed by atoms with Gasteiger partial charge in [0.2, 0.25) is 0 Å². The Labute approximate surface area is 144 Å². The minimum absolute atomic E-state index is 0.0664. The summed E-state index contributed by atoms with van der Waals surface area (Å²) in [5.74, 6) is -0.0373. The maximum atomic E-state index is 12.1. The lowest BCUT2D eigenvalue weighted by Crippen LogP contribution is -3.11. The zero-order chi connectivity index (χ0) is 16.8. The Morgan fingerprint density at radius 3 is 2.65 bits per heavy atom. The molecule has 0 bridgehead atoms. The van der Waals surface area contributed by atoms with Gasteiger partial charge >= 0.3 is 0 Å². The molecule has 1 saturated heterocycles. The molecular weight excluding hydrogens is 362 g/mol. The molecule has 1 atom stereocenters. The van der Waals surface area contributed by atoms with Crippen LogP contribution in [0.1, 0.15) is 5.56 Å². The summed E-state index contributed by atoms with van der Waals surface area (Å²) in [6.07, 6.45) is 0. The molecule has 1 aromatic rings. The number of amides is 2. The lowest BCUT2D eigenvalue weighted by molar-refractivity contribution is -0.862. The van der Waals surface area contributed by atoms with Crippen LogP contribution in [0.5, 0.6) is 0 Å². The molecule has 1 fully saturated rings. The fraction of sp³-hybridized carbons (Fsp3) is 0.500. The molecule has 0 aliphatic carbocycles. The van der Waals surface area contributed by atoms with E-state index in [-0.39, 0.29) is 18.4 Å². The van der Waals surface area contributed by atoms with Gasteiger partial charge in [-0.15, -0.1) is 0 Å². The van der Waals surface area contributed by atoms with Crippen molar-refractivity contribution in [1.82, 2.24) is 4.90 Å². The molecule has 2 rings (SSSR count). The average Bonchev–Trinajstić information content (AvgIpc) is 2.51. The summed E-state index contributed by atoms with van der Waals surface area (Å²) in [6.45, 7) is 5.00. The second kappa shape index (κ2) is 8.42. The summed E-state index contributed by atoms with van der Waals surface area (Å²) in [5, 5.41) is 2.86. The molecule has 7 heteroatoms. The number of hydrogen-bond donors (Lipinski definition) is 2. The van der Waals surface area contributed by atoms with Crippen molar-refractivity contribution < 1.29 is 19.2 Å². The zero-order valence-electron chi connectivity index (χ0n) is 13.5. The summed E-state index contributed by atoms with van der Waals surface area (Å²) < 4.78 is 6.19. The molecule has 0 saturated carbocycles. The summed E-state index contributed by atoms with van der Waals surface area (Å²) in [7, 11) is 1.85. The van der Waals surface area contributed by atoms with Crippen molar-refractivity contribution in [3.05, 3.63) is 28.2 Å². The van der Waals surface area contributed by atoms with Crippen LogP contribution in [0.15, 0.2) is 22.7 Å². The van der Waals surface area contributed by atoms with Gasteiger partial charge in [-0.3, -0.25) is 9.59 Å². The Hall–Kier alpha value is -1.44. The number of nitrogens with zero attached hydrogens (tertiary/aromatic N) is 1. The number of aryl methyl sites for hydroxylation is 1. The molecule has 1 aliphatic heterocycles. The van der Waals surface area contributed by atoms with Crippen LogP contribution in [0.25, 0.3) is 0 Å². The van der Waals surface area contributed by atoms with Crippen molar-refractivity contribution in [2.75, 3.05) is 51.8 Å². The van der Waals surface area contributed by atoms with Gasteiger partial charge in [0.1, 0.15) is 0 Å². The number of carbonyl (C=O) groups excluding carboxylic acids is 2. The van der Waals surface area contributed by atoms with Crippen LogP contribution in [0.3, 0.4) is 0 Å². The first-order valence-corrected chi connectivity index (χ1v) is 8.48. The molecule has 23 heavy (non-hydrogen) atoms. The fourth-order valence-corrected chi connectivity index (χ4v) is 2.77. The number of hydrogen-bond acceptors (Lipinski definition) is 3. The first-order valence-electron chi connectivity index (χ1n) is 7.68. The normalized spacial score (nSPS) is 16.0. The number of benzene rings is 1. The minimum Gasteiger partial charge on any atom is -0.378 e. The van der Waals surface area contributed by atoms with E-state index in [9.17, 15) is 9.59 Å². The van der Waals surface area contributed by atoms with Gasteiger partial charge in [0.15, 0.2) is 13.1 Å². The topological polar surface area (TPSA) is 63.1 Å². The SMILES string of the molecule is Cc1ccc(NC(=O)C[NH+](C)CC(=O)N2CCOCC2)cc1Br. The highest BCUT2D eigenvalue weighted by atomic mass is 79.9. The number of likely N-dealkylation sites (N-methyl/N-ethyl adjacent to an activating group) is 1. The summed E-state index contributed by atoms with van der Waals surface area (Å²) in [5.41, 5.74) is 1.86. The van der Waals surface area contributed by atoms with Gasteiger partial charge in [-0.05, 0) is 24.6 Å². The molecule has 0 spiro atoms. The van der Waals surface area contributed by atoms with Crippen LogP contribution in [0, 0.1) is 6.92 Å². The molecule has 2 N–H and O–H groups in total. The van der Waals surface area contributed by atoms with Crippen LogP contribution < -0.4 is 10.2 Å². The lowest BCUT2D eigenvalue weighted by atomic mass is 10.2. The van der Waals surface area contributed by atoms with Crippen LogP contribution in [-0.4, -0.2) is 63.2 Å². The highest BCUT2D eigenvalue weighted by molar-refractivity contribution is 9.10. The van der Waals surface area contributed by atoms with Gasteiger partial charge in [-0.2, -0.15) is 0 Å². The maximum absolute atomic E-state index is 12.1. The highest BCUT2D eigenvalue weighted by Crippen LogP contribution is 2.20. The van der Waals surface area contributed by atoms with Gasteiger partial charge < -0.3 is 19.9 Å². The number of carbonyl (C=O) groups is 2. The van der Waals surface area contributed by atoms with Crippen molar-refractivity contribution in [3.63, 3.8) is 0 Å². The summed E-state index contributed by atoms with van der Waals surface area (Å²) in [6, 6.07) is 5.69. The number of nitrogens with one attached hydrogen (secondary N) is 2. The first-order chi connectivity index (χ1) is 11.0. The number of morpholine rings is 1. The van der Waals surface area contributed by atoms with Crippen molar-refractivity contribution >= 4 is 33.4 Å². The van der Waals surface area contributed by atoms with Crippen LogP contribution in [0.2, 0.25) is 0 Å². The summed E-state index contributed by atoms with van der Waals surface area (Å²) in [4.78, 5) is 26.9. The largest absolute Gasteiger partial charge is 0.378 e. The monoisotopic (exact) mass is 384 g/mol. The van der Waals surface area contributed by atoms with E-state index in [1.54, 1.807) is 4.90 Å². The first kappa shape index (κ1) is 17.9. The van der Waals surface area contributed by atoms with Gasteiger partial charge in [0, 0.05) is 23.2 Å². The predicted octanol–water partition coefficient (Wildman–Crippen LogP) is 0.0695. The molecule has 6 nitrogen and oxygen atoms in total. The lowest BCUT2D eigenvalue weighted by Gasteiger charge is -2.27. The van der Waals surface area contributed by atoms with E-state index < -0.39 is 0 Å². The molecular formula is C16H23BrN3O3+. The Morgan fingerprint density at radius 1 is 1.30 bits per heavy atom. The van der Waals surface area contributed by atoms with Crippen molar-refractivity contribution in [2.45, 2.75) is 6.92 Å².